The summed E-state index contributed by atoms with van der Waals surface area (Å²) in [4.78, 5) is 18.5. The molecule has 1 aromatic carbocycles. The van der Waals surface area contributed by atoms with E-state index in [0.717, 1.165) is 19.6 Å². The quantitative estimate of drug-likeness (QED) is 0.926. The van der Waals surface area contributed by atoms with E-state index in [1.807, 2.05) is 11.8 Å². The molecule has 1 aromatic heterocycles. The molecule has 1 aliphatic heterocycles. The molecule has 6 nitrogen and oxygen atoms in total. The van der Waals surface area contributed by atoms with E-state index in [0.29, 0.717) is 35.7 Å². The molecule has 1 amide bonds. The Hall–Kier alpha value is -2.28. The Balaban J connectivity index is 1.61. The zero-order valence-electron chi connectivity index (χ0n) is 13.9. The molecule has 2 aromatic rings. The summed E-state index contributed by atoms with van der Waals surface area (Å²) in [5.74, 6) is 0.666. The summed E-state index contributed by atoms with van der Waals surface area (Å²) in [7, 11) is 0. The van der Waals surface area contributed by atoms with Crippen molar-refractivity contribution in [3.05, 3.63) is 35.5 Å². The number of carbonyl (C=O) groups is 1. The van der Waals surface area contributed by atoms with Gasteiger partial charge < -0.3 is 14.7 Å². The zero-order valence-corrected chi connectivity index (χ0v) is 13.9. The minimum Gasteiger partial charge on any atom is -0.339 e. The summed E-state index contributed by atoms with van der Waals surface area (Å²) < 4.78 is 18.5. The number of piperazine rings is 1. The second-order valence-corrected chi connectivity index (χ2v) is 6.12. The summed E-state index contributed by atoms with van der Waals surface area (Å²) in [6.45, 7) is 6.09. The number of nitrogens with one attached hydrogen (secondary N) is 1. The fourth-order valence-electron chi connectivity index (χ4n) is 2.83. The van der Waals surface area contributed by atoms with E-state index in [-0.39, 0.29) is 17.8 Å². The van der Waals surface area contributed by atoms with Crippen molar-refractivity contribution < 1.29 is 13.7 Å². The van der Waals surface area contributed by atoms with Crippen LogP contribution in [0.25, 0.3) is 11.4 Å². The lowest BCUT2D eigenvalue weighted by atomic mass is 10.1. The molecule has 128 valence electrons. The van der Waals surface area contributed by atoms with E-state index < -0.39 is 0 Å². The normalized spacial score (nSPS) is 18.0. The van der Waals surface area contributed by atoms with Crippen molar-refractivity contribution in [2.75, 3.05) is 19.6 Å². The lowest BCUT2D eigenvalue weighted by Crippen LogP contribution is -2.52. The summed E-state index contributed by atoms with van der Waals surface area (Å²) in [5, 5.41) is 7.18. The third-order valence-electron chi connectivity index (χ3n) is 4.26. The van der Waals surface area contributed by atoms with Gasteiger partial charge in [0.2, 0.25) is 17.6 Å². The summed E-state index contributed by atoms with van der Waals surface area (Å²) >= 11 is 0. The van der Waals surface area contributed by atoms with Crippen LogP contribution in [0.1, 0.15) is 24.8 Å². The standard InChI is InChI=1S/C17H21FN4O2/c1-11-9-13(3-4-14(11)18)17-20-15(24-21-17)5-6-16(23)22-8-7-19-10-12(22)2/h3-4,9,12,19H,5-8,10H2,1-2H3. The number of aryl methyl sites for hydroxylation is 2. The molecule has 0 saturated carbocycles. The highest BCUT2D eigenvalue weighted by Gasteiger charge is 2.23. The Labute approximate surface area is 140 Å². The first kappa shape index (κ1) is 16.6. The van der Waals surface area contributed by atoms with Crippen LogP contribution in [0.5, 0.6) is 0 Å². The molecule has 1 aliphatic rings. The average Bonchev–Trinajstić information content (AvgIpc) is 3.04. The second kappa shape index (κ2) is 7.09. The van der Waals surface area contributed by atoms with Crippen molar-refractivity contribution in [1.29, 1.82) is 0 Å². The number of aromatic nitrogens is 2. The highest BCUT2D eigenvalue weighted by molar-refractivity contribution is 5.76. The molecule has 0 radical (unpaired) electrons. The van der Waals surface area contributed by atoms with E-state index in [2.05, 4.69) is 15.5 Å². The maximum Gasteiger partial charge on any atom is 0.227 e. The van der Waals surface area contributed by atoms with Gasteiger partial charge in [0.25, 0.3) is 0 Å². The molecule has 1 saturated heterocycles. The number of nitrogens with zero attached hydrogens (tertiary/aromatic N) is 3. The van der Waals surface area contributed by atoms with Gasteiger partial charge in [-0.05, 0) is 37.6 Å². The largest absolute Gasteiger partial charge is 0.339 e. The Bertz CT molecular complexity index is 731. The fourth-order valence-corrected chi connectivity index (χ4v) is 2.83. The van der Waals surface area contributed by atoms with Crippen molar-refractivity contribution in [3.63, 3.8) is 0 Å². The summed E-state index contributed by atoms with van der Waals surface area (Å²) in [5.41, 5.74) is 1.23. The lowest BCUT2D eigenvalue weighted by Gasteiger charge is -2.34. The van der Waals surface area contributed by atoms with Gasteiger partial charge in [-0.3, -0.25) is 4.79 Å². The van der Waals surface area contributed by atoms with Crippen molar-refractivity contribution in [3.8, 4) is 11.4 Å². The van der Waals surface area contributed by atoms with E-state index in [9.17, 15) is 9.18 Å². The molecule has 2 heterocycles. The number of hydrogen-bond acceptors (Lipinski definition) is 5. The van der Waals surface area contributed by atoms with Gasteiger partial charge in [0.1, 0.15) is 5.82 Å². The maximum absolute atomic E-state index is 13.3. The van der Waals surface area contributed by atoms with Gasteiger partial charge in [0.05, 0.1) is 0 Å². The molecule has 1 N–H and O–H groups in total. The van der Waals surface area contributed by atoms with Crippen LogP contribution in [0.15, 0.2) is 22.7 Å². The molecule has 0 aliphatic carbocycles. The molecule has 0 bridgehead atoms. The van der Waals surface area contributed by atoms with Crippen molar-refractivity contribution >= 4 is 5.91 Å². The first-order valence-corrected chi connectivity index (χ1v) is 8.14. The monoisotopic (exact) mass is 332 g/mol. The molecule has 7 heteroatoms. The molecular formula is C17H21FN4O2. The number of benzene rings is 1. The third-order valence-corrected chi connectivity index (χ3v) is 4.26. The predicted octanol–water partition coefficient (Wildman–Crippen LogP) is 1.94. The molecule has 1 unspecified atom stereocenters. The first-order valence-electron chi connectivity index (χ1n) is 8.14. The fraction of sp³-hybridized carbons (Fsp3) is 0.471. The SMILES string of the molecule is Cc1cc(-c2noc(CCC(=O)N3CCNCC3C)n2)ccc1F. The lowest BCUT2D eigenvalue weighted by molar-refractivity contribution is -0.134. The van der Waals surface area contributed by atoms with Crippen molar-refractivity contribution in [2.24, 2.45) is 0 Å². The Morgan fingerprint density at radius 3 is 3.08 bits per heavy atom. The van der Waals surface area contributed by atoms with Gasteiger partial charge in [-0.2, -0.15) is 4.98 Å². The predicted molar refractivity (Wildman–Crippen MR) is 86.8 cm³/mol. The van der Waals surface area contributed by atoms with Gasteiger partial charge >= 0.3 is 0 Å². The molecule has 1 fully saturated rings. The van der Waals surface area contributed by atoms with Crippen LogP contribution in [0.4, 0.5) is 4.39 Å². The molecular weight excluding hydrogens is 311 g/mol. The summed E-state index contributed by atoms with van der Waals surface area (Å²) in [6.07, 6.45) is 0.747. The highest BCUT2D eigenvalue weighted by atomic mass is 19.1. The van der Waals surface area contributed by atoms with Gasteiger partial charge in [0, 0.05) is 44.1 Å². The first-order chi connectivity index (χ1) is 11.5. The van der Waals surface area contributed by atoms with Gasteiger partial charge in [-0.1, -0.05) is 5.16 Å². The molecule has 1 atom stereocenters. The van der Waals surface area contributed by atoms with Crippen LogP contribution in [-0.2, 0) is 11.2 Å². The van der Waals surface area contributed by atoms with Gasteiger partial charge in [0.15, 0.2) is 0 Å². The highest BCUT2D eigenvalue weighted by Crippen LogP contribution is 2.19. The number of halogens is 1. The maximum atomic E-state index is 13.3. The Morgan fingerprint density at radius 1 is 1.50 bits per heavy atom. The van der Waals surface area contributed by atoms with E-state index >= 15 is 0 Å². The topological polar surface area (TPSA) is 71.3 Å². The number of amides is 1. The number of carbonyl (C=O) groups excluding carboxylic acids is 1. The van der Waals surface area contributed by atoms with E-state index in [1.54, 1.807) is 19.1 Å². The molecule has 3 rings (SSSR count). The minimum absolute atomic E-state index is 0.0985. The number of rotatable bonds is 4. The molecule has 0 spiro atoms. The third kappa shape index (κ3) is 3.62. The number of hydrogen-bond donors (Lipinski definition) is 1. The van der Waals surface area contributed by atoms with Crippen LogP contribution in [-0.4, -0.2) is 46.6 Å². The zero-order chi connectivity index (χ0) is 17.1. The van der Waals surface area contributed by atoms with E-state index in [1.165, 1.54) is 6.07 Å². The van der Waals surface area contributed by atoms with Crippen molar-refractivity contribution in [1.82, 2.24) is 20.4 Å². The van der Waals surface area contributed by atoms with Crippen LogP contribution in [0.3, 0.4) is 0 Å². The van der Waals surface area contributed by atoms with Crippen LogP contribution in [0, 0.1) is 12.7 Å². The Kier molecular flexibility index (Phi) is 4.89. The van der Waals surface area contributed by atoms with Crippen LogP contribution >= 0.6 is 0 Å². The van der Waals surface area contributed by atoms with Gasteiger partial charge in [-0.15, -0.1) is 0 Å². The minimum atomic E-state index is -0.266. The van der Waals surface area contributed by atoms with Crippen LogP contribution < -0.4 is 5.32 Å². The van der Waals surface area contributed by atoms with E-state index in [4.69, 9.17) is 4.52 Å². The van der Waals surface area contributed by atoms with Crippen LogP contribution in [0.2, 0.25) is 0 Å². The Morgan fingerprint density at radius 2 is 2.33 bits per heavy atom. The smallest absolute Gasteiger partial charge is 0.227 e. The second-order valence-electron chi connectivity index (χ2n) is 6.12. The molecule has 24 heavy (non-hydrogen) atoms. The van der Waals surface area contributed by atoms with Crippen molar-refractivity contribution in [2.45, 2.75) is 32.7 Å². The van der Waals surface area contributed by atoms with Gasteiger partial charge in [-0.25, -0.2) is 4.39 Å². The summed E-state index contributed by atoms with van der Waals surface area (Å²) in [6, 6.07) is 4.88. The average molecular weight is 332 g/mol.